The summed E-state index contributed by atoms with van der Waals surface area (Å²) >= 11 is 0. The molecule has 28 heavy (non-hydrogen) atoms. The molecule has 1 amide bonds. The van der Waals surface area contributed by atoms with Crippen LogP contribution >= 0.6 is 0 Å². The highest BCUT2D eigenvalue weighted by molar-refractivity contribution is 6.46. The summed E-state index contributed by atoms with van der Waals surface area (Å²) < 4.78 is 5.47. The van der Waals surface area contributed by atoms with Crippen LogP contribution < -0.4 is 4.74 Å². The molecule has 2 aromatic rings. The molecule has 0 bridgehead atoms. The molecule has 0 saturated carbocycles. The molecule has 0 spiro atoms. The molecule has 0 aliphatic carbocycles. The molecule has 1 unspecified atom stereocenters. The molecule has 1 aliphatic rings. The van der Waals surface area contributed by atoms with Crippen molar-refractivity contribution in [1.29, 1.82) is 0 Å². The molecule has 0 aromatic heterocycles. The summed E-state index contributed by atoms with van der Waals surface area (Å²) in [6.45, 7) is 6.28. The first kappa shape index (κ1) is 19.7. The number of benzene rings is 2. The molecule has 1 N–H and O–H groups in total. The van der Waals surface area contributed by atoms with Crippen molar-refractivity contribution in [2.45, 2.75) is 33.2 Å². The summed E-state index contributed by atoms with van der Waals surface area (Å²) in [6.07, 6.45) is 0.697. The normalized spacial score (nSPS) is 18.6. The van der Waals surface area contributed by atoms with E-state index in [0.29, 0.717) is 29.8 Å². The molecule has 146 valence electrons. The highest BCUT2D eigenvalue weighted by Crippen LogP contribution is 2.42. The number of nitrogens with zero attached hydrogens (tertiary/aromatic N) is 1. The van der Waals surface area contributed by atoms with Crippen LogP contribution in [-0.4, -0.2) is 35.4 Å². The van der Waals surface area contributed by atoms with Gasteiger partial charge in [-0.2, -0.15) is 0 Å². The minimum absolute atomic E-state index is 0.103. The average Bonchev–Trinajstić information content (AvgIpc) is 2.94. The Morgan fingerprint density at radius 3 is 2.46 bits per heavy atom. The van der Waals surface area contributed by atoms with Gasteiger partial charge in [0.25, 0.3) is 11.7 Å². The Hall–Kier alpha value is -3.08. The third-order valence-electron chi connectivity index (χ3n) is 5.22. The van der Waals surface area contributed by atoms with Gasteiger partial charge in [-0.3, -0.25) is 9.59 Å². The summed E-state index contributed by atoms with van der Waals surface area (Å²) in [5.41, 5.74) is 3.40. The van der Waals surface area contributed by atoms with Crippen molar-refractivity contribution >= 4 is 17.4 Å². The molecule has 3 rings (SSSR count). The van der Waals surface area contributed by atoms with Gasteiger partial charge in [-0.05, 0) is 43.5 Å². The maximum atomic E-state index is 12.9. The van der Waals surface area contributed by atoms with Gasteiger partial charge in [0.05, 0.1) is 18.7 Å². The van der Waals surface area contributed by atoms with Crippen molar-refractivity contribution in [3.05, 3.63) is 70.3 Å². The van der Waals surface area contributed by atoms with Gasteiger partial charge in [0, 0.05) is 17.7 Å². The summed E-state index contributed by atoms with van der Waals surface area (Å²) in [5.74, 6) is -0.847. The Morgan fingerprint density at radius 1 is 1.11 bits per heavy atom. The lowest BCUT2D eigenvalue weighted by molar-refractivity contribution is -0.139. The number of ether oxygens (including phenoxy) is 1. The zero-order valence-corrected chi connectivity index (χ0v) is 16.7. The first-order valence-electron chi connectivity index (χ1n) is 9.39. The second kappa shape index (κ2) is 7.89. The van der Waals surface area contributed by atoms with Crippen LogP contribution in [0.2, 0.25) is 0 Å². The maximum absolute atomic E-state index is 12.9. The number of ketones is 1. The highest BCUT2D eigenvalue weighted by Gasteiger charge is 2.46. The number of Topliss-reactive ketones (excluding diaryl/α,β-unsaturated/α-hetero) is 1. The fourth-order valence-electron chi connectivity index (χ4n) is 3.61. The fourth-order valence-corrected chi connectivity index (χ4v) is 3.61. The second-order valence-electron chi connectivity index (χ2n) is 7.03. The fraction of sp³-hybridized carbons (Fsp3) is 0.304. The number of methoxy groups -OCH3 is 1. The summed E-state index contributed by atoms with van der Waals surface area (Å²) in [5, 5.41) is 11.0. The number of aliphatic hydroxyl groups excluding tert-OH is 1. The van der Waals surface area contributed by atoms with Gasteiger partial charge in [0.2, 0.25) is 0 Å². The van der Waals surface area contributed by atoms with Gasteiger partial charge < -0.3 is 14.7 Å². The molecule has 1 fully saturated rings. The number of likely N-dealkylation sites (tertiary alicyclic amines) is 1. The average molecular weight is 379 g/mol. The number of aryl methyl sites for hydroxylation is 2. The minimum Gasteiger partial charge on any atom is -0.507 e. The highest BCUT2D eigenvalue weighted by atomic mass is 16.5. The van der Waals surface area contributed by atoms with Gasteiger partial charge in [-0.1, -0.05) is 37.3 Å². The quantitative estimate of drug-likeness (QED) is 0.482. The zero-order valence-electron chi connectivity index (χ0n) is 16.7. The van der Waals surface area contributed by atoms with E-state index < -0.39 is 17.7 Å². The van der Waals surface area contributed by atoms with E-state index in [1.165, 1.54) is 4.90 Å². The number of hydrogen-bond donors (Lipinski definition) is 1. The zero-order chi connectivity index (χ0) is 20.4. The van der Waals surface area contributed by atoms with E-state index in [1.807, 2.05) is 51.1 Å². The first-order valence-corrected chi connectivity index (χ1v) is 9.39. The monoisotopic (exact) mass is 379 g/mol. The number of carbonyl (C=O) groups is 2. The van der Waals surface area contributed by atoms with Crippen LogP contribution in [0.25, 0.3) is 5.76 Å². The molecule has 5 nitrogen and oxygen atoms in total. The SMILES string of the molecule is CCCN1C(=O)C(=O)/C(=C(/O)c2ccc(C)c(C)c2)C1c1ccccc1OC. The van der Waals surface area contributed by atoms with E-state index in [-0.39, 0.29) is 11.3 Å². The van der Waals surface area contributed by atoms with Crippen molar-refractivity contribution in [2.24, 2.45) is 0 Å². The molecule has 1 atom stereocenters. The Balaban J connectivity index is 2.24. The molecule has 1 aliphatic heterocycles. The third kappa shape index (κ3) is 3.28. The van der Waals surface area contributed by atoms with Crippen molar-refractivity contribution in [1.82, 2.24) is 4.90 Å². The number of rotatable bonds is 5. The lowest BCUT2D eigenvalue weighted by Gasteiger charge is -2.26. The van der Waals surface area contributed by atoms with Crippen molar-refractivity contribution in [3.63, 3.8) is 0 Å². The first-order chi connectivity index (χ1) is 13.4. The molecule has 1 saturated heterocycles. The summed E-state index contributed by atoms with van der Waals surface area (Å²) in [7, 11) is 1.55. The molecule has 5 heteroatoms. The van der Waals surface area contributed by atoms with Gasteiger partial charge in [-0.15, -0.1) is 0 Å². The molecular weight excluding hydrogens is 354 g/mol. The Labute approximate surface area is 165 Å². The topological polar surface area (TPSA) is 66.8 Å². The van der Waals surface area contributed by atoms with Crippen molar-refractivity contribution < 1.29 is 19.4 Å². The van der Waals surface area contributed by atoms with Crippen LogP contribution in [-0.2, 0) is 9.59 Å². The van der Waals surface area contributed by atoms with Crippen LogP contribution in [0.15, 0.2) is 48.0 Å². The Kier molecular flexibility index (Phi) is 5.54. The predicted molar refractivity (Wildman–Crippen MR) is 108 cm³/mol. The third-order valence-corrected chi connectivity index (χ3v) is 5.22. The van der Waals surface area contributed by atoms with Crippen LogP contribution in [0.3, 0.4) is 0 Å². The van der Waals surface area contributed by atoms with Gasteiger partial charge in [0.15, 0.2) is 0 Å². The van der Waals surface area contributed by atoms with E-state index in [9.17, 15) is 14.7 Å². The van der Waals surface area contributed by atoms with E-state index in [0.717, 1.165) is 11.1 Å². The van der Waals surface area contributed by atoms with Crippen LogP contribution in [0.1, 0.15) is 41.6 Å². The van der Waals surface area contributed by atoms with Crippen molar-refractivity contribution in [2.75, 3.05) is 13.7 Å². The molecular formula is C23H25NO4. The Morgan fingerprint density at radius 2 is 1.82 bits per heavy atom. The van der Waals surface area contributed by atoms with Gasteiger partial charge >= 0.3 is 0 Å². The summed E-state index contributed by atoms with van der Waals surface area (Å²) in [4.78, 5) is 27.1. The molecule has 0 radical (unpaired) electrons. The minimum atomic E-state index is -0.683. The van der Waals surface area contributed by atoms with E-state index in [2.05, 4.69) is 0 Å². The van der Waals surface area contributed by atoms with Crippen molar-refractivity contribution in [3.8, 4) is 5.75 Å². The van der Waals surface area contributed by atoms with E-state index >= 15 is 0 Å². The standard InChI is InChI=1S/C23H25NO4/c1-5-12-24-20(17-8-6-7-9-18(17)28-4)19(22(26)23(24)27)21(25)16-11-10-14(2)15(3)13-16/h6-11,13,20,25H,5,12H2,1-4H3/b21-19+. The Bertz CT molecular complexity index is 961. The largest absolute Gasteiger partial charge is 0.507 e. The molecule has 2 aromatic carbocycles. The van der Waals surface area contributed by atoms with Gasteiger partial charge in [0.1, 0.15) is 11.5 Å². The number of amides is 1. The number of aliphatic hydroxyl groups is 1. The smallest absolute Gasteiger partial charge is 0.295 e. The van der Waals surface area contributed by atoms with Crippen LogP contribution in [0.5, 0.6) is 5.75 Å². The van der Waals surface area contributed by atoms with Gasteiger partial charge in [-0.25, -0.2) is 0 Å². The molecule has 1 heterocycles. The second-order valence-corrected chi connectivity index (χ2v) is 7.03. The van der Waals surface area contributed by atoms with Crippen LogP contribution in [0, 0.1) is 13.8 Å². The maximum Gasteiger partial charge on any atom is 0.295 e. The lowest BCUT2D eigenvalue weighted by atomic mass is 9.93. The number of carbonyl (C=O) groups excluding carboxylic acids is 2. The number of hydrogen-bond acceptors (Lipinski definition) is 4. The number of para-hydroxylation sites is 1. The van der Waals surface area contributed by atoms with Crippen LogP contribution in [0.4, 0.5) is 0 Å². The van der Waals surface area contributed by atoms with E-state index in [1.54, 1.807) is 19.2 Å². The lowest BCUT2D eigenvalue weighted by Crippen LogP contribution is -2.30. The van der Waals surface area contributed by atoms with E-state index in [4.69, 9.17) is 4.74 Å². The summed E-state index contributed by atoms with van der Waals surface area (Å²) in [6, 6.07) is 12.1. The predicted octanol–water partition coefficient (Wildman–Crippen LogP) is 4.14.